The lowest BCUT2D eigenvalue weighted by Gasteiger charge is -2.52. The Morgan fingerprint density at radius 2 is 1.80 bits per heavy atom. The number of amides is 1. The fourth-order valence-electron chi connectivity index (χ4n) is 8.72. The van der Waals surface area contributed by atoms with E-state index < -0.39 is 62.2 Å². The molecule has 2 fully saturated rings. The molecule has 13 nitrogen and oxygen atoms in total. The fraction of sp³-hybridized carbons (Fsp3) is 0.490. The summed E-state index contributed by atoms with van der Waals surface area (Å²) in [5.74, 6) is 1.04. The summed E-state index contributed by atoms with van der Waals surface area (Å²) in [4.78, 5) is 39.1. The zero-order valence-electron chi connectivity index (χ0n) is 38.8. The summed E-state index contributed by atoms with van der Waals surface area (Å²) in [6.07, 6.45) is -0.347. The van der Waals surface area contributed by atoms with Crippen molar-refractivity contribution >= 4 is 64.5 Å². The number of carbonyl (C=O) groups is 2. The van der Waals surface area contributed by atoms with Crippen LogP contribution in [0.3, 0.4) is 0 Å². The van der Waals surface area contributed by atoms with E-state index in [1.165, 1.54) is 24.9 Å². The van der Waals surface area contributed by atoms with Crippen molar-refractivity contribution in [2.24, 2.45) is 0 Å². The molecule has 0 radical (unpaired) electrons. The van der Waals surface area contributed by atoms with Gasteiger partial charge in [-0.15, -0.1) is 11.8 Å². The molecule has 0 saturated carbocycles. The van der Waals surface area contributed by atoms with Crippen molar-refractivity contribution in [1.29, 1.82) is 0 Å². The van der Waals surface area contributed by atoms with Gasteiger partial charge in [0, 0.05) is 54.6 Å². The van der Waals surface area contributed by atoms with Crippen molar-refractivity contribution in [3.8, 4) is 11.5 Å². The lowest BCUT2D eigenvalue weighted by Crippen LogP contribution is -2.70. The largest absolute Gasteiger partial charge is 0.543 e. The number of ether oxygens (including phenoxy) is 7. The van der Waals surface area contributed by atoms with E-state index in [4.69, 9.17) is 42.6 Å². The number of Topliss-reactive ketones (excluding diaryl/α,β-unsaturated/α-hetero) is 1. The van der Waals surface area contributed by atoms with E-state index in [1.807, 2.05) is 93.8 Å². The Kier molecular flexibility index (Phi) is 14.2. The number of thioether (sulfide) groups is 1. The van der Waals surface area contributed by atoms with Gasteiger partial charge in [0.05, 0.1) is 30.4 Å². The summed E-state index contributed by atoms with van der Waals surface area (Å²) in [5.41, 5.74) is 1.68. The number of H-pyrrole nitrogens is 1. The van der Waals surface area contributed by atoms with Gasteiger partial charge in [-0.2, -0.15) is 0 Å². The minimum Gasteiger partial charge on any atom is -0.543 e. The normalized spacial score (nSPS) is 25.4. The zero-order valence-corrected chi connectivity index (χ0v) is 40.7. The van der Waals surface area contributed by atoms with Crippen LogP contribution in [0.25, 0.3) is 32.6 Å². The molecule has 8 atom stereocenters. The predicted octanol–water partition coefficient (Wildman–Crippen LogP) is 9.92. The van der Waals surface area contributed by atoms with Gasteiger partial charge >= 0.3 is 6.09 Å². The number of hydrogen-bond donors (Lipinski definition) is 1. The van der Waals surface area contributed by atoms with Crippen molar-refractivity contribution < 1.29 is 47.2 Å². The number of pyridine rings is 1. The standard InChI is InChI=1S/C49H63N3O10SSi/c1-13-25-57-47(54)52(29(2)3)37-28-58-40(27-39(37)55-8)61-43-45(60-38-20-16-18-31-17-14-15-19-33(31)38)49(63-10,30(4)59-46(43)56-9)44(53)42-41-34(23-24-50-42)35-26-32(21-22-36(35)51-41)62-64(11,12)48(5,6)7/h13-24,26,29-30,37,39-40,43,45-46,51H,1,25,27-28H2,2-12H3/t30-,37+,39+,40+,43-,45-,46+,49-/m1/s1. The lowest BCUT2D eigenvalue weighted by atomic mass is 9.82. The van der Waals surface area contributed by atoms with E-state index in [9.17, 15) is 4.79 Å². The van der Waals surface area contributed by atoms with E-state index >= 15 is 4.79 Å². The minimum atomic E-state index is -2.14. The molecule has 344 valence electrons. The van der Waals surface area contributed by atoms with E-state index in [2.05, 4.69) is 45.4 Å². The van der Waals surface area contributed by atoms with Crippen LogP contribution in [0, 0.1) is 0 Å². The van der Waals surface area contributed by atoms with Gasteiger partial charge in [0.2, 0.25) is 14.1 Å². The third kappa shape index (κ3) is 8.92. The van der Waals surface area contributed by atoms with Crippen LogP contribution in [0.1, 0.15) is 58.5 Å². The van der Waals surface area contributed by atoms with E-state index in [0.29, 0.717) is 11.3 Å². The maximum Gasteiger partial charge on any atom is 0.410 e. The number of aromatic nitrogens is 2. The van der Waals surface area contributed by atoms with Crippen LogP contribution < -0.4 is 9.16 Å². The molecule has 2 aliphatic rings. The van der Waals surface area contributed by atoms with Crippen LogP contribution in [0.2, 0.25) is 18.1 Å². The number of rotatable bonds is 15. The number of hydrogen-bond acceptors (Lipinski definition) is 12. The highest BCUT2D eigenvalue weighted by atomic mass is 32.2. The molecule has 15 heteroatoms. The summed E-state index contributed by atoms with van der Waals surface area (Å²) in [7, 11) is 0.996. The van der Waals surface area contributed by atoms with Crippen molar-refractivity contribution in [3.63, 3.8) is 0 Å². The molecular weight excluding hydrogens is 851 g/mol. The van der Waals surface area contributed by atoms with E-state index in [-0.39, 0.29) is 42.2 Å². The first kappa shape index (κ1) is 47.5. The minimum absolute atomic E-state index is 0.0116. The second-order valence-electron chi connectivity index (χ2n) is 18.3. The number of ketones is 1. The fourth-order valence-corrected chi connectivity index (χ4v) is 10.8. The molecule has 1 N–H and O–H groups in total. The molecule has 2 aliphatic heterocycles. The Hall–Kier alpha value is -4.48. The molecule has 64 heavy (non-hydrogen) atoms. The number of nitrogens with one attached hydrogen (secondary N) is 1. The first-order valence-corrected chi connectivity index (χ1v) is 26.0. The molecular formula is C49H63N3O10SSi. The quantitative estimate of drug-likeness (QED) is 0.0608. The molecule has 0 spiro atoms. The molecule has 0 bridgehead atoms. The second kappa shape index (κ2) is 19.2. The van der Waals surface area contributed by atoms with Crippen LogP contribution in [-0.4, -0.2) is 123 Å². The number of methoxy groups -OCH3 is 2. The van der Waals surface area contributed by atoms with Crippen molar-refractivity contribution in [2.75, 3.05) is 33.7 Å². The Balaban J connectivity index is 1.30. The molecule has 2 saturated heterocycles. The predicted molar refractivity (Wildman–Crippen MR) is 254 cm³/mol. The van der Waals surface area contributed by atoms with Crippen LogP contribution in [0.15, 0.2) is 85.6 Å². The topological polar surface area (TPSA) is 140 Å². The number of carbonyl (C=O) groups excluding carboxylic acids is 2. The molecule has 5 aromatic rings. The summed E-state index contributed by atoms with van der Waals surface area (Å²) in [6, 6.07) is 21.0. The molecule has 0 aliphatic carbocycles. The first-order chi connectivity index (χ1) is 30.5. The Labute approximate surface area is 381 Å². The van der Waals surface area contributed by atoms with Gasteiger partial charge in [0.15, 0.2) is 24.8 Å². The highest BCUT2D eigenvalue weighted by Crippen LogP contribution is 2.47. The van der Waals surface area contributed by atoms with Gasteiger partial charge in [-0.3, -0.25) is 14.7 Å². The maximum absolute atomic E-state index is 15.8. The summed E-state index contributed by atoms with van der Waals surface area (Å²) >= 11 is 1.33. The molecule has 2 aromatic heterocycles. The molecule has 0 unspecified atom stereocenters. The summed E-state index contributed by atoms with van der Waals surface area (Å²) in [5, 5.41) is 3.60. The molecule has 3 aromatic carbocycles. The zero-order chi connectivity index (χ0) is 46.1. The van der Waals surface area contributed by atoms with Crippen LogP contribution in [-0.2, 0) is 28.4 Å². The summed E-state index contributed by atoms with van der Waals surface area (Å²) in [6.45, 7) is 20.6. The van der Waals surface area contributed by atoms with E-state index in [1.54, 1.807) is 18.2 Å². The number of aromatic amines is 1. The van der Waals surface area contributed by atoms with Crippen LogP contribution in [0.4, 0.5) is 4.79 Å². The van der Waals surface area contributed by atoms with E-state index in [0.717, 1.165) is 32.8 Å². The van der Waals surface area contributed by atoms with Gasteiger partial charge < -0.3 is 42.6 Å². The lowest BCUT2D eigenvalue weighted by molar-refractivity contribution is -0.314. The van der Waals surface area contributed by atoms with Gasteiger partial charge in [0.1, 0.15) is 28.5 Å². The maximum atomic E-state index is 15.8. The van der Waals surface area contributed by atoms with Crippen LogP contribution in [0.5, 0.6) is 11.5 Å². The second-order valence-corrected chi connectivity index (χ2v) is 24.1. The van der Waals surface area contributed by atoms with Gasteiger partial charge in [-0.1, -0.05) is 69.8 Å². The molecule has 4 heterocycles. The number of fused-ring (bicyclic) bond motifs is 4. The van der Waals surface area contributed by atoms with Crippen molar-refractivity contribution in [1.82, 2.24) is 14.9 Å². The molecule has 1 amide bonds. The molecule has 7 rings (SSSR count). The number of benzene rings is 3. The average molecular weight is 914 g/mol. The van der Waals surface area contributed by atoms with Gasteiger partial charge in [0.25, 0.3) is 0 Å². The Bertz CT molecular complexity index is 2470. The van der Waals surface area contributed by atoms with Gasteiger partial charge in [-0.25, -0.2) is 4.79 Å². The van der Waals surface area contributed by atoms with Crippen molar-refractivity contribution in [3.05, 3.63) is 91.3 Å². The first-order valence-electron chi connectivity index (χ1n) is 21.9. The highest BCUT2D eigenvalue weighted by molar-refractivity contribution is 8.00. The third-order valence-corrected chi connectivity index (χ3v) is 18.9. The Morgan fingerprint density at radius 3 is 2.48 bits per heavy atom. The highest BCUT2D eigenvalue weighted by Gasteiger charge is 2.63. The summed E-state index contributed by atoms with van der Waals surface area (Å²) < 4.78 is 50.1. The van der Waals surface area contributed by atoms with Crippen LogP contribution >= 0.6 is 11.8 Å². The smallest absolute Gasteiger partial charge is 0.410 e. The SMILES string of the molecule is C=CCOC(=O)N(C(C)C)[C@H]1CO[C@@H](O[C@H]2[C@@H](OC)O[C@H](C)[C@@](SC)(C(=O)c3nccc4c3[nH]c3ccc(O[Si](C)(C)C(C)(C)C)cc34)[C@@H]2Oc2cccc3ccccc23)C[C@@H]1OC. The number of nitrogens with zero attached hydrogens (tertiary/aromatic N) is 2. The average Bonchev–Trinajstić information content (AvgIpc) is 3.64. The van der Waals surface area contributed by atoms with Gasteiger partial charge in [-0.05, 0) is 80.9 Å². The third-order valence-electron chi connectivity index (χ3n) is 13.1. The van der Waals surface area contributed by atoms with Crippen molar-refractivity contribution in [2.45, 2.75) is 120 Å². The Morgan fingerprint density at radius 1 is 1.05 bits per heavy atom. The monoisotopic (exact) mass is 913 g/mol.